The lowest BCUT2D eigenvalue weighted by atomic mass is 10.0. The summed E-state index contributed by atoms with van der Waals surface area (Å²) in [6, 6.07) is 26.3. The molecule has 0 saturated heterocycles. The number of nitrogens with one attached hydrogen (secondary N) is 1. The molecule has 3 aromatic rings. The molecule has 0 radical (unpaired) electrons. The third kappa shape index (κ3) is 6.52. The molecule has 3 aromatic carbocycles. The Morgan fingerprint density at radius 2 is 1.41 bits per heavy atom. The molecule has 3 rings (SSSR count). The molecule has 4 nitrogen and oxygen atoms in total. The molecule has 0 aliphatic carbocycles. The Hall–Kier alpha value is -2.55. The Balaban J connectivity index is 2.09. The van der Waals surface area contributed by atoms with Crippen LogP contribution in [0, 0.1) is 5.92 Å². The molecular weight excluding hydrogens is 439 g/mol. The number of nitrogens with zero attached hydrogens (tertiary/aromatic N) is 1. The maximum Gasteiger partial charge on any atom is 0.258 e. The average Bonchev–Trinajstić information content (AvgIpc) is 2.83. The SMILES string of the molecule is CC(C)CCO[P@](=O)(c1ccc(N(C)C)cc1)[C@H](Nc1ccccc1)c1ccc(C(C)C)cc1. The van der Waals surface area contributed by atoms with E-state index < -0.39 is 13.2 Å². The van der Waals surface area contributed by atoms with Gasteiger partial charge in [-0.1, -0.05) is 70.2 Å². The molecule has 0 saturated carbocycles. The van der Waals surface area contributed by atoms with Crippen molar-refractivity contribution in [1.82, 2.24) is 0 Å². The van der Waals surface area contributed by atoms with Crippen molar-refractivity contribution in [3.8, 4) is 0 Å². The van der Waals surface area contributed by atoms with Gasteiger partial charge in [-0.3, -0.25) is 4.57 Å². The van der Waals surface area contributed by atoms with Crippen LogP contribution in [0.1, 0.15) is 56.9 Å². The molecule has 0 unspecified atom stereocenters. The molecule has 0 aliphatic rings. The molecule has 0 spiro atoms. The zero-order valence-electron chi connectivity index (χ0n) is 21.4. The van der Waals surface area contributed by atoms with Gasteiger partial charge in [-0.25, -0.2) is 0 Å². The smallest absolute Gasteiger partial charge is 0.258 e. The van der Waals surface area contributed by atoms with E-state index in [9.17, 15) is 4.57 Å². The molecule has 0 bridgehead atoms. The van der Waals surface area contributed by atoms with Crippen LogP contribution in [-0.4, -0.2) is 20.7 Å². The second-order valence-corrected chi connectivity index (χ2v) is 12.2. The minimum absolute atomic E-state index is 0.433. The fraction of sp³-hybridized carbons (Fsp3) is 0.379. The van der Waals surface area contributed by atoms with Crippen LogP contribution in [0.2, 0.25) is 0 Å². The third-order valence-electron chi connectivity index (χ3n) is 6.04. The molecule has 0 amide bonds. The first-order valence-electron chi connectivity index (χ1n) is 12.1. The summed E-state index contributed by atoms with van der Waals surface area (Å²) in [7, 11) is 0.664. The summed E-state index contributed by atoms with van der Waals surface area (Å²) < 4.78 is 21.3. The van der Waals surface area contributed by atoms with Crippen LogP contribution in [0.4, 0.5) is 11.4 Å². The van der Waals surface area contributed by atoms with Gasteiger partial charge in [0.25, 0.3) is 7.37 Å². The van der Waals surface area contributed by atoms with E-state index in [0.29, 0.717) is 18.4 Å². The lowest BCUT2D eigenvalue weighted by Crippen LogP contribution is -2.21. The average molecular weight is 479 g/mol. The van der Waals surface area contributed by atoms with E-state index in [-0.39, 0.29) is 0 Å². The van der Waals surface area contributed by atoms with Crippen LogP contribution < -0.4 is 15.5 Å². The maximum absolute atomic E-state index is 14.9. The van der Waals surface area contributed by atoms with Gasteiger partial charge in [0.1, 0.15) is 5.78 Å². The van der Waals surface area contributed by atoms with Crippen molar-refractivity contribution in [1.29, 1.82) is 0 Å². The first-order chi connectivity index (χ1) is 16.2. The lowest BCUT2D eigenvalue weighted by Gasteiger charge is -2.30. The van der Waals surface area contributed by atoms with E-state index in [4.69, 9.17) is 4.52 Å². The van der Waals surface area contributed by atoms with Crippen LogP contribution in [0.3, 0.4) is 0 Å². The van der Waals surface area contributed by atoms with E-state index >= 15 is 0 Å². The number of benzene rings is 3. The molecule has 0 fully saturated rings. The van der Waals surface area contributed by atoms with E-state index in [1.54, 1.807) is 0 Å². The standard InChI is InChI=1S/C29H39N2O2P/c1-22(2)20-21-33-34(32,28-18-16-27(17-19-28)31(5)6)29(30-26-10-8-7-9-11-26)25-14-12-24(13-15-25)23(3)4/h7-19,22-23,29-30H,20-21H2,1-6H3/t29-,34+/m0/s1. The summed E-state index contributed by atoms with van der Waals surface area (Å²) in [5.74, 6) is 0.395. The summed E-state index contributed by atoms with van der Waals surface area (Å²) in [6.07, 6.45) is 0.851. The highest BCUT2D eigenvalue weighted by atomic mass is 31.2. The minimum Gasteiger partial charge on any atom is -0.378 e. The molecule has 0 heterocycles. The van der Waals surface area contributed by atoms with Crippen molar-refractivity contribution < 1.29 is 9.09 Å². The molecule has 182 valence electrons. The van der Waals surface area contributed by atoms with Gasteiger partial charge in [-0.2, -0.15) is 0 Å². The predicted octanol–water partition coefficient (Wildman–Crippen LogP) is 7.65. The fourth-order valence-corrected chi connectivity index (χ4v) is 6.22. The summed E-state index contributed by atoms with van der Waals surface area (Å²) >= 11 is 0. The van der Waals surface area contributed by atoms with E-state index in [0.717, 1.165) is 28.7 Å². The normalized spacial score (nSPS) is 14.1. The number of para-hydroxylation sites is 1. The minimum atomic E-state index is -3.34. The van der Waals surface area contributed by atoms with Crippen molar-refractivity contribution in [3.05, 3.63) is 90.0 Å². The zero-order chi connectivity index (χ0) is 24.7. The number of anilines is 2. The Morgan fingerprint density at radius 3 is 1.94 bits per heavy atom. The number of hydrogen-bond acceptors (Lipinski definition) is 4. The van der Waals surface area contributed by atoms with Gasteiger partial charge >= 0.3 is 0 Å². The van der Waals surface area contributed by atoms with Crippen molar-refractivity contribution in [3.63, 3.8) is 0 Å². The fourth-order valence-electron chi connectivity index (χ4n) is 3.80. The second kappa shape index (κ2) is 11.7. The van der Waals surface area contributed by atoms with Crippen LogP contribution in [-0.2, 0) is 9.09 Å². The summed E-state index contributed by atoms with van der Waals surface area (Å²) in [4.78, 5) is 2.04. The zero-order valence-corrected chi connectivity index (χ0v) is 22.3. The Kier molecular flexibility index (Phi) is 8.99. The highest BCUT2D eigenvalue weighted by molar-refractivity contribution is 7.67. The monoisotopic (exact) mass is 478 g/mol. The Labute approximate surface area is 205 Å². The summed E-state index contributed by atoms with van der Waals surface area (Å²) in [5.41, 5.74) is 4.19. The van der Waals surface area contributed by atoms with E-state index in [1.807, 2.05) is 73.6 Å². The van der Waals surface area contributed by atoms with Crippen molar-refractivity contribution >= 4 is 24.0 Å². The number of hydrogen-bond donors (Lipinski definition) is 1. The van der Waals surface area contributed by atoms with Gasteiger partial charge in [0.2, 0.25) is 0 Å². The molecule has 34 heavy (non-hydrogen) atoms. The lowest BCUT2D eigenvalue weighted by molar-refractivity contribution is 0.290. The van der Waals surface area contributed by atoms with Gasteiger partial charge in [-0.05, 0) is 65.8 Å². The van der Waals surface area contributed by atoms with Crippen LogP contribution in [0.25, 0.3) is 0 Å². The predicted molar refractivity (Wildman–Crippen MR) is 147 cm³/mol. The topological polar surface area (TPSA) is 41.6 Å². The molecule has 0 aromatic heterocycles. The van der Waals surface area contributed by atoms with Crippen molar-refractivity contribution in [2.24, 2.45) is 5.92 Å². The van der Waals surface area contributed by atoms with E-state index in [1.165, 1.54) is 5.56 Å². The molecular formula is C29H39N2O2P. The quantitative estimate of drug-likeness (QED) is 0.287. The van der Waals surface area contributed by atoms with Crippen LogP contribution in [0.5, 0.6) is 0 Å². The van der Waals surface area contributed by atoms with Crippen LogP contribution in [0.15, 0.2) is 78.9 Å². The molecule has 1 N–H and O–H groups in total. The van der Waals surface area contributed by atoms with Gasteiger partial charge in [0, 0.05) is 30.8 Å². The molecule has 0 aliphatic heterocycles. The van der Waals surface area contributed by atoms with Gasteiger partial charge in [-0.15, -0.1) is 0 Å². The number of rotatable bonds is 11. The largest absolute Gasteiger partial charge is 0.378 e. The molecule has 2 atom stereocenters. The molecule has 5 heteroatoms. The maximum atomic E-state index is 14.9. The summed E-state index contributed by atoms with van der Waals surface area (Å²) in [6.45, 7) is 9.12. The van der Waals surface area contributed by atoms with Crippen molar-refractivity contribution in [2.45, 2.75) is 45.8 Å². The van der Waals surface area contributed by atoms with Crippen molar-refractivity contribution in [2.75, 3.05) is 30.9 Å². The van der Waals surface area contributed by atoms with Gasteiger partial charge in [0.15, 0.2) is 0 Å². The van der Waals surface area contributed by atoms with Gasteiger partial charge in [0.05, 0.1) is 6.61 Å². The Bertz CT molecular complexity index is 1060. The first-order valence-corrected chi connectivity index (χ1v) is 13.8. The summed E-state index contributed by atoms with van der Waals surface area (Å²) in [5, 5.41) is 4.29. The van der Waals surface area contributed by atoms with Gasteiger partial charge < -0.3 is 14.7 Å². The third-order valence-corrected chi connectivity index (χ3v) is 8.73. The Morgan fingerprint density at radius 1 is 0.824 bits per heavy atom. The first kappa shape index (κ1) is 26.1. The highest BCUT2D eigenvalue weighted by Crippen LogP contribution is 2.59. The van der Waals surface area contributed by atoms with Crippen LogP contribution >= 0.6 is 7.37 Å². The van der Waals surface area contributed by atoms with E-state index in [2.05, 4.69) is 57.3 Å². The highest BCUT2D eigenvalue weighted by Gasteiger charge is 2.38. The second-order valence-electron chi connectivity index (χ2n) is 9.76.